The van der Waals surface area contributed by atoms with E-state index < -0.39 is 17.7 Å². The van der Waals surface area contributed by atoms with Crippen molar-refractivity contribution in [3.05, 3.63) is 69.7 Å². The summed E-state index contributed by atoms with van der Waals surface area (Å²) in [7, 11) is 0. The number of benzene rings is 2. The number of carbonyl (C=O) groups is 2. The maximum atomic E-state index is 12.9. The Labute approximate surface area is 221 Å². The number of ether oxygens (including phenoxy) is 1. The van der Waals surface area contributed by atoms with E-state index in [1.165, 1.54) is 27.4 Å². The molecule has 4 rings (SSSR count). The number of rotatable bonds is 9. The molecule has 0 spiro atoms. The molecule has 3 aromatic rings. The zero-order valence-electron chi connectivity index (χ0n) is 21.7. The van der Waals surface area contributed by atoms with Crippen LogP contribution in [0, 0.1) is 6.92 Å². The van der Waals surface area contributed by atoms with Crippen molar-refractivity contribution < 1.29 is 19.4 Å². The highest BCUT2D eigenvalue weighted by atomic mass is 32.1. The number of fused-ring (bicyclic) bond motifs is 3. The van der Waals surface area contributed by atoms with Gasteiger partial charge in [0, 0.05) is 18.0 Å². The van der Waals surface area contributed by atoms with Crippen LogP contribution in [0.3, 0.4) is 0 Å². The fourth-order valence-corrected chi connectivity index (χ4v) is 5.61. The third-order valence-corrected chi connectivity index (χ3v) is 7.59. The van der Waals surface area contributed by atoms with Gasteiger partial charge in [0.05, 0.1) is 6.04 Å². The quantitative estimate of drug-likeness (QED) is 0.316. The highest BCUT2D eigenvalue weighted by Gasteiger charge is 2.30. The molecule has 37 heavy (non-hydrogen) atoms. The number of amides is 2. The molecule has 1 atom stereocenters. The molecule has 1 heterocycles. The molecular weight excluding hydrogens is 488 g/mol. The number of alkyl carbamates (subject to hydrolysis) is 1. The Morgan fingerprint density at radius 2 is 1.68 bits per heavy atom. The van der Waals surface area contributed by atoms with E-state index in [2.05, 4.69) is 39.8 Å². The van der Waals surface area contributed by atoms with Gasteiger partial charge in [0.25, 0.3) is 0 Å². The number of aryl methyl sites for hydroxylation is 1. The van der Waals surface area contributed by atoms with Crippen LogP contribution >= 0.6 is 11.3 Å². The van der Waals surface area contributed by atoms with Crippen molar-refractivity contribution in [3.8, 4) is 11.1 Å². The van der Waals surface area contributed by atoms with Gasteiger partial charge in [-0.05, 0) is 69.2 Å². The Balaban J connectivity index is 1.37. The summed E-state index contributed by atoms with van der Waals surface area (Å²) in [5.41, 5.74) is 4.21. The Morgan fingerprint density at radius 1 is 1.05 bits per heavy atom. The van der Waals surface area contributed by atoms with Crippen LogP contribution in [0.1, 0.15) is 73.1 Å². The van der Waals surface area contributed by atoms with Gasteiger partial charge >= 0.3 is 12.2 Å². The largest absolute Gasteiger partial charge is 0.465 e. The van der Waals surface area contributed by atoms with Crippen molar-refractivity contribution in [2.45, 2.75) is 64.5 Å². The second-order valence-electron chi connectivity index (χ2n) is 10.3. The van der Waals surface area contributed by atoms with Crippen molar-refractivity contribution >= 4 is 23.5 Å². The molecule has 9 heteroatoms. The average Bonchev–Trinajstić information content (AvgIpc) is 3.42. The van der Waals surface area contributed by atoms with E-state index in [0.29, 0.717) is 25.8 Å². The standard InChI is InChI=1S/C28H34N4O4S/c1-18-30-31-25(37-18)24(15-9-10-16-32(27(34)35)28(2,3)4)29-26(33)36-17-23-21-13-7-5-11-19(21)20-12-6-8-14-22(20)23/h5-8,11-14,23-24H,9-10,15-17H2,1-4H3,(H,29,33)(H,34,35). The van der Waals surface area contributed by atoms with Crippen LogP contribution in [0.25, 0.3) is 11.1 Å². The van der Waals surface area contributed by atoms with Gasteiger partial charge in [-0.15, -0.1) is 10.2 Å². The number of carboxylic acid groups (broad SMARTS) is 1. The van der Waals surface area contributed by atoms with Crippen LogP contribution in [0.2, 0.25) is 0 Å². The molecule has 0 radical (unpaired) electrons. The molecule has 1 unspecified atom stereocenters. The first-order chi connectivity index (χ1) is 17.6. The van der Waals surface area contributed by atoms with E-state index in [9.17, 15) is 14.7 Å². The maximum absolute atomic E-state index is 12.9. The van der Waals surface area contributed by atoms with Crippen molar-refractivity contribution in [2.24, 2.45) is 0 Å². The number of hydrogen-bond donors (Lipinski definition) is 2. The third kappa shape index (κ3) is 6.28. The highest BCUT2D eigenvalue weighted by Crippen LogP contribution is 2.44. The van der Waals surface area contributed by atoms with Crippen molar-refractivity contribution in [1.82, 2.24) is 20.4 Å². The minimum atomic E-state index is -0.930. The van der Waals surface area contributed by atoms with E-state index in [0.717, 1.165) is 21.1 Å². The molecule has 2 amide bonds. The minimum absolute atomic E-state index is 0.0141. The number of carbonyl (C=O) groups excluding carboxylic acids is 1. The summed E-state index contributed by atoms with van der Waals surface area (Å²) in [5.74, 6) is -0.0141. The molecule has 0 bridgehead atoms. The molecule has 2 N–H and O–H groups in total. The molecular formula is C28H34N4O4S. The molecule has 0 fully saturated rings. The maximum Gasteiger partial charge on any atom is 0.407 e. The summed E-state index contributed by atoms with van der Waals surface area (Å²) in [6.07, 6.45) is 0.565. The number of hydrogen-bond acceptors (Lipinski definition) is 6. The summed E-state index contributed by atoms with van der Waals surface area (Å²) in [6.45, 7) is 8.18. The molecule has 196 valence electrons. The number of unbranched alkanes of at least 4 members (excludes halogenated alkanes) is 1. The lowest BCUT2D eigenvalue weighted by molar-refractivity contribution is 0.0988. The Morgan fingerprint density at radius 3 is 2.22 bits per heavy atom. The van der Waals surface area contributed by atoms with Crippen LogP contribution in [0.5, 0.6) is 0 Å². The molecule has 2 aromatic carbocycles. The zero-order valence-corrected chi connectivity index (χ0v) is 22.5. The molecule has 0 aliphatic heterocycles. The average molecular weight is 523 g/mol. The van der Waals surface area contributed by atoms with Crippen molar-refractivity contribution in [3.63, 3.8) is 0 Å². The van der Waals surface area contributed by atoms with Gasteiger partial charge in [-0.25, -0.2) is 9.59 Å². The monoisotopic (exact) mass is 522 g/mol. The fourth-order valence-electron chi connectivity index (χ4n) is 4.83. The van der Waals surface area contributed by atoms with Crippen LogP contribution in [0.15, 0.2) is 48.5 Å². The lowest BCUT2D eigenvalue weighted by Gasteiger charge is -2.33. The van der Waals surface area contributed by atoms with Crippen LogP contribution in [-0.2, 0) is 4.74 Å². The van der Waals surface area contributed by atoms with Gasteiger partial charge in [-0.1, -0.05) is 59.9 Å². The van der Waals surface area contributed by atoms with Crippen molar-refractivity contribution in [2.75, 3.05) is 13.2 Å². The number of nitrogens with zero attached hydrogens (tertiary/aromatic N) is 3. The normalized spacial score (nSPS) is 13.5. The molecule has 1 aliphatic carbocycles. The highest BCUT2D eigenvalue weighted by molar-refractivity contribution is 7.11. The number of nitrogens with one attached hydrogen (secondary N) is 1. The van der Waals surface area contributed by atoms with E-state index in [-0.39, 0.29) is 18.6 Å². The fraction of sp³-hybridized carbons (Fsp3) is 0.429. The predicted molar refractivity (Wildman–Crippen MR) is 144 cm³/mol. The van der Waals surface area contributed by atoms with Gasteiger partial charge < -0.3 is 20.1 Å². The first kappa shape index (κ1) is 26.6. The minimum Gasteiger partial charge on any atom is -0.465 e. The van der Waals surface area contributed by atoms with Gasteiger partial charge in [-0.3, -0.25) is 0 Å². The molecule has 0 saturated carbocycles. The molecule has 8 nitrogen and oxygen atoms in total. The topological polar surface area (TPSA) is 105 Å². The van der Waals surface area contributed by atoms with Crippen LogP contribution in [0.4, 0.5) is 9.59 Å². The lowest BCUT2D eigenvalue weighted by atomic mass is 9.98. The molecule has 1 aliphatic rings. The molecule has 1 aromatic heterocycles. The lowest BCUT2D eigenvalue weighted by Crippen LogP contribution is -2.45. The van der Waals surface area contributed by atoms with Gasteiger partial charge in [-0.2, -0.15) is 0 Å². The SMILES string of the molecule is Cc1nnc(C(CCCCN(C(=O)O)C(C)(C)C)NC(=O)OCC2c3ccccc3-c3ccccc32)s1. The zero-order chi connectivity index (χ0) is 26.6. The second kappa shape index (κ2) is 11.3. The van der Waals surface area contributed by atoms with Gasteiger partial charge in [0.15, 0.2) is 0 Å². The third-order valence-electron chi connectivity index (χ3n) is 6.64. The number of aromatic nitrogens is 2. The summed E-state index contributed by atoms with van der Waals surface area (Å²) < 4.78 is 5.74. The van der Waals surface area contributed by atoms with E-state index in [1.54, 1.807) is 0 Å². The van der Waals surface area contributed by atoms with E-state index in [1.807, 2.05) is 52.0 Å². The van der Waals surface area contributed by atoms with Gasteiger partial charge in [0.2, 0.25) is 0 Å². The Bertz CT molecular complexity index is 1210. The Kier molecular flexibility index (Phi) is 8.12. The van der Waals surface area contributed by atoms with E-state index in [4.69, 9.17) is 4.74 Å². The van der Waals surface area contributed by atoms with Gasteiger partial charge in [0.1, 0.15) is 16.6 Å². The smallest absolute Gasteiger partial charge is 0.407 e. The van der Waals surface area contributed by atoms with E-state index >= 15 is 0 Å². The summed E-state index contributed by atoms with van der Waals surface area (Å²) in [5, 5.41) is 22.4. The summed E-state index contributed by atoms with van der Waals surface area (Å²) in [4.78, 5) is 26.0. The molecule has 0 saturated heterocycles. The second-order valence-corrected chi connectivity index (χ2v) is 11.5. The predicted octanol–water partition coefficient (Wildman–Crippen LogP) is 6.38. The van der Waals surface area contributed by atoms with Crippen LogP contribution < -0.4 is 5.32 Å². The summed E-state index contributed by atoms with van der Waals surface area (Å²) >= 11 is 1.44. The van der Waals surface area contributed by atoms with Crippen LogP contribution in [-0.4, -0.2) is 51.1 Å². The first-order valence-corrected chi connectivity index (χ1v) is 13.4. The first-order valence-electron chi connectivity index (χ1n) is 12.6. The Hall–Kier alpha value is -3.46. The van der Waals surface area contributed by atoms with Crippen molar-refractivity contribution in [1.29, 1.82) is 0 Å². The summed E-state index contributed by atoms with van der Waals surface area (Å²) in [6, 6.07) is 16.1.